The minimum absolute atomic E-state index is 0.0235. The highest BCUT2D eigenvalue weighted by Gasteiger charge is 2.39. The molecule has 1 aliphatic rings. The van der Waals surface area contributed by atoms with E-state index in [0.717, 1.165) is 64.2 Å². The van der Waals surface area contributed by atoms with Crippen LogP contribution in [0.1, 0.15) is 149 Å². The zero-order valence-electron chi connectivity index (χ0n) is 36.8. The average molecular weight is 884 g/mol. The van der Waals surface area contributed by atoms with Crippen molar-refractivity contribution in [2.75, 3.05) is 19.8 Å². The van der Waals surface area contributed by atoms with Gasteiger partial charge in [-0.15, -0.1) is 0 Å². The summed E-state index contributed by atoms with van der Waals surface area (Å²) in [7, 11) is -4.80. The van der Waals surface area contributed by atoms with Crippen LogP contribution in [-0.2, 0) is 37.5 Å². The van der Waals surface area contributed by atoms with E-state index >= 15 is 0 Å². The Morgan fingerprint density at radius 1 is 0.721 bits per heavy atom. The first-order valence-electron chi connectivity index (χ1n) is 22.6. The number of carboxylic acids is 1. The number of phosphoric acid groups is 1. The molecular formula is C46H78NO13P. The molecule has 350 valence electrons. The van der Waals surface area contributed by atoms with E-state index in [-0.39, 0.29) is 31.1 Å². The summed E-state index contributed by atoms with van der Waals surface area (Å²) >= 11 is 0. The molecule has 15 heteroatoms. The average Bonchev–Trinajstić information content (AvgIpc) is 3.49. The lowest BCUT2D eigenvalue weighted by atomic mass is 9.89. The van der Waals surface area contributed by atoms with Crippen LogP contribution in [-0.4, -0.2) is 93.5 Å². The van der Waals surface area contributed by atoms with Gasteiger partial charge >= 0.3 is 25.7 Å². The number of esters is 2. The molecule has 0 aliphatic heterocycles. The van der Waals surface area contributed by atoms with Gasteiger partial charge in [0.2, 0.25) is 0 Å². The lowest BCUT2D eigenvalue weighted by Crippen LogP contribution is -2.34. The maximum absolute atomic E-state index is 12.7. The smallest absolute Gasteiger partial charge is 0.472 e. The number of hydrogen-bond acceptors (Lipinski definition) is 12. The van der Waals surface area contributed by atoms with E-state index in [0.29, 0.717) is 32.1 Å². The fourth-order valence-electron chi connectivity index (χ4n) is 6.65. The van der Waals surface area contributed by atoms with Gasteiger partial charge in [0.15, 0.2) is 6.10 Å². The summed E-state index contributed by atoms with van der Waals surface area (Å²) in [6.07, 6.45) is 33.8. The number of carboxylic acid groups (broad SMARTS) is 1. The Balaban J connectivity index is 2.52. The molecule has 0 heterocycles. The van der Waals surface area contributed by atoms with E-state index < -0.39 is 76.0 Å². The standard InChI is InChI=1S/C46H78NO13P/c1-3-5-7-8-9-10-11-12-13-14-15-16-17-18-19-20-25-29-44(51)57-34-38(35-58-61(55,56)59-36-41(47)46(53)54)60-45(52)30-26-22-21-24-28-39-40(43(50)33-42(39)49)32-31-37(48)27-23-6-4-2/h9-10,12-13,15-16,21,24,31-32,37-43,48-50H,3-8,11,14,17-20,22-23,25-30,33-36,47H2,1-2H3,(H,53,54)(H,55,56)/b10-9-,13-12-,16-15-,24-21+,32-31+/t37-,38+,39+,40+,41-,42-,43+/m0/s1. The van der Waals surface area contributed by atoms with Crippen molar-refractivity contribution in [1.29, 1.82) is 0 Å². The number of phosphoric ester groups is 1. The number of unbranched alkanes of at least 4 members (excludes halogenated alkanes) is 10. The van der Waals surface area contributed by atoms with Crippen molar-refractivity contribution in [2.45, 2.75) is 179 Å². The molecule has 0 amide bonds. The van der Waals surface area contributed by atoms with Gasteiger partial charge in [0.05, 0.1) is 31.5 Å². The van der Waals surface area contributed by atoms with E-state index in [1.807, 2.05) is 18.2 Å². The van der Waals surface area contributed by atoms with Gasteiger partial charge in [0.25, 0.3) is 0 Å². The lowest BCUT2D eigenvalue weighted by Gasteiger charge is -2.20. The summed E-state index contributed by atoms with van der Waals surface area (Å²) in [5.74, 6) is -3.13. The van der Waals surface area contributed by atoms with Gasteiger partial charge in [-0.1, -0.05) is 120 Å². The predicted molar refractivity (Wildman–Crippen MR) is 237 cm³/mol. The Kier molecular flexibility index (Phi) is 32.6. The van der Waals surface area contributed by atoms with Crippen molar-refractivity contribution in [1.82, 2.24) is 0 Å². The predicted octanol–water partition coefficient (Wildman–Crippen LogP) is 8.33. The SMILES string of the molecule is CCCCC/C=C\C/C=C\C/C=C\CCCCCCC(=O)OC[C@H](COP(=O)(O)OC[C@H](N)C(=O)O)OC(=O)CCC/C=C/C[C@@H]1[C@@H](/C=C/[C@@H](O)CCCCC)[C@H](O)C[C@@H]1O. The Morgan fingerprint density at radius 3 is 1.97 bits per heavy atom. The molecule has 1 saturated carbocycles. The van der Waals surface area contributed by atoms with Crippen molar-refractivity contribution in [3.05, 3.63) is 60.8 Å². The first-order valence-corrected chi connectivity index (χ1v) is 24.1. The van der Waals surface area contributed by atoms with Crippen LogP contribution in [0, 0.1) is 11.8 Å². The van der Waals surface area contributed by atoms with Crippen LogP contribution in [0.4, 0.5) is 0 Å². The Labute approximate surface area is 365 Å². The first kappa shape index (κ1) is 56.1. The van der Waals surface area contributed by atoms with Gasteiger partial charge in [-0.05, 0) is 76.5 Å². The van der Waals surface area contributed by atoms with Crippen LogP contribution in [0.2, 0.25) is 0 Å². The number of aliphatic carboxylic acids is 1. The number of nitrogens with two attached hydrogens (primary N) is 1. The summed E-state index contributed by atoms with van der Waals surface area (Å²) in [6, 6.07) is -1.57. The maximum atomic E-state index is 12.7. The molecule has 0 aromatic rings. The van der Waals surface area contributed by atoms with Gasteiger partial charge in [-0.2, -0.15) is 0 Å². The molecule has 14 nitrogen and oxygen atoms in total. The topological polar surface area (TPSA) is 232 Å². The molecular weight excluding hydrogens is 805 g/mol. The summed E-state index contributed by atoms with van der Waals surface area (Å²) in [5.41, 5.74) is 5.33. The summed E-state index contributed by atoms with van der Waals surface area (Å²) in [4.78, 5) is 46.2. The number of allylic oxidation sites excluding steroid dienone is 8. The van der Waals surface area contributed by atoms with Crippen molar-refractivity contribution in [3.63, 3.8) is 0 Å². The van der Waals surface area contributed by atoms with Crippen molar-refractivity contribution in [2.24, 2.45) is 17.6 Å². The second-order valence-corrected chi connectivity index (χ2v) is 17.2. The summed E-state index contributed by atoms with van der Waals surface area (Å²) in [6.45, 7) is 2.39. The second kappa shape index (κ2) is 35.5. The van der Waals surface area contributed by atoms with E-state index in [1.165, 1.54) is 19.3 Å². The maximum Gasteiger partial charge on any atom is 0.472 e. The van der Waals surface area contributed by atoms with Gasteiger partial charge in [-0.3, -0.25) is 23.4 Å². The fraction of sp³-hybridized carbons (Fsp3) is 0.717. The molecule has 0 spiro atoms. The number of aliphatic hydroxyl groups is 3. The molecule has 0 radical (unpaired) electrons. The molecule has 1 fully saturated rings. The fourth-order valence-corrected chi connectivity index (χ4v) is 7.43. The summed E-state index contributed by atoms with van der Waals surface area (Å²) < 4.78 is 32.7. The Morgan fingerprint density at radius 2 is 1.30 bits per heavy atom. The summed E-state index contributed by atoms with van der Waals surface area (Å²) in [5, 5.41) is 40.2. The second-order valence-electron chi connectivity index (χ2n) is 15.8. The lowest BCUT2D eigenvalue weighted by molar-refractivity contribution is -0.161. The first-order chi connectivity index (χ1) is 29.3. The van der Waals surface area contributed by atoms with Gasteiger partial charge in [0, 0.05) is 25.2 Å². The zero-order valence-corrected chi connectivity index (χ0v) is 37.7. The van der Waals surface area contributed by atoms with Crippen molar-refractivity contribution < 1.29 is 62.8 Å². The molecule has 1 aliphatic carbocycles. The van der Waals surface area contributed by atoms with Gasteiger partial charge in [0.1, 0.15) is 12.6 Å². The molecule has 61 heavy (non-hydrogen) atoms. The third-order valence-corrected chi connectivity index (χ3v) is 11.3. The molecule has 1 unspecified atom stereocenters. The minimum Gasteiger partial charge on any atom is -0.480 e. The third-order valence-electron chi connectivity index (χ3n) is 10.3. The number of carbonyl (C=O) groups is 3. The van der Waals surface area contributed by atoms with Crippen LogP contribution in [0.5, 0.6) is 0 Å². The highest BCUT2D eigenvalue weighted by Crippen LogP contribution is 2.43. The van der Waals surface area contributed by atoms with Crippen LogP contribution in [0.25, 0.3) is 0 Å². The van der Waals surface area contributed by atoms with E-state index in [1.54, 1.807) is 6.08 Å². The Hall–Kier alpha value is -2.94. The molecule has 0 aromatic heterocycles. The minimum atomic E-state index is -4.80. The molecule has 1 rings (SSSR count). The Bertz CT molecular complexity index is 1380. The van der Waals surface area contributed by atoms with Crippen LogP contribution < -0.4 is 5.73 Å². The number of hydrogen-bond donors (Lipinski definition) is 6. The largest absolute Gasteiger partial charge is 0.480 e. The molecule has 0 saturated heterocycles. The molecule has 7 N–H and O–H groups in total. The number of ether oxygens (including phenoxy) is 2. The van der Waals surface area contributed by atoms with Crippen molar-refractivity contribution in [3.8, 4) is 0 Å². The normalized spacial score (nSPS) is 20.9. The molecule has 0 bridgehead atoms. The van der Waals surface area contributed by atoms with E-state index in [2.05, 4.69) is 54.8 Å². The van der Waals surface area contributed by atoms with Crippen molar-refractivity contribution >= 4 is 25.7 Å². The monoisotopic (exact) mass is 884 g/mol. The third kappa shape index (κ3) is 29.9. The quantitative estimate of drug-likeness (QED) is 0.0149. The number of carbonyl (C=O) groups excluding carboxylic acids is 2. The van der Waals surface area contributed by atoms with Crippen LogP contribution >= 0.6 is 7.82 Å². The van der Waals surface area contributed by atoms with Crippen LogP contribution in [0.15, 0.2) is 60.8 Å². The number of aliphatic hydroxyl groups excluding tert-OH is 3. The molecule has 8 atom stereocenters. The van der Waals surface area contributed by atoms with E-state index in [4.69, 9.17) is 24.8 Å². The number of rotatable bonds is 37. The van der Waals surface area contributed by atoms with Gasteiger partial charge in [-0.25, -0.2) is 4.57 Å². The molecule has 0 aromatic carbocycles. The highest BCUT2D eigenvalue weighted by molar-refractivity contribution is 7.47. The highest BCUT2D eigenvalue weighted by atomic mass is 31.2. The zero-order chi connectivity index (χ0) is 45.1. The van der Waals surface area contributed by atoms with Gasteiger partial charge < -0.3 is 40.5 Å². The van der Waals surface area contributed by atoms with E-state index in [9.17, 15) is 39.2 Å². The van der Waals surface area contributed by atoms with Crippen LogP contribution in [0.3, 0.4) is 0 Å².